The van der Waals surface area contributed by atoms with E-state index in [9.17, 15) is 0 Å². The molecule has 0 aromatic heterocycles. The molecule has 2 fully saturated rings. The summed E-state index contributed by atoms with van der Waals surface area (Å²) >= 11 is 0. The van der Waals surface area contributed by atoms with Gasteiger partial charge in [-0.25, -0.2) is 0 Å². The van der Waals surface area contributed by atoms with Crippen molar-refractivity contribution in [2.24, 2.45) is 17.1 Å². The lowest BCUT2D eigenvalue weighted by atomic mass is 9.71. The standard InChI is InChI=1S/C16H32N2O/c1-15(2,3)12-6-8-13(9-7-12)18-10-14(11-18)19-16(4,5)17/h12-14H,6-11,17H2,1-5H3. The fourth-order valence-corrected chi connectivity index (χ4v) is 3.58. The largest absolute Gasteiger partial charge is 0.356 e. The van der Waals surface area contributed by atoms with Crippen LogP contribution in [0.1, 0.15) is 60.3 Å². The van der Waals surface area contributed by atoms with Crippen molar-refractivity contribution in [2.45, 2.75) is 78.2 Å². The number of nitrogens with zero attached hydrogens (tertiary/aromatic N) is 1. The molecule has 2 rings (SSSR count). The van der Waals surface area contributed by atoms with Crippen molar-refractivity contribution < 1.29 is 4.74 Å². The van der Waals surface area contributed by atoms with Gasteiger partial charge in [0.2, 0.25) is 0 Å². The van der Waals surface area contributed by atoms with Gasteiger partial charge in [0, 0.05) is 19.1 Å². The molecule has 1 saturated carbocycles. The summed E-state index contributed by atoms with van der Waals surface area (Å²) in [5.74, 6) is 0.903. The van der Waals surface area contributed by atoms with Gasteiger partial charge in [-0.05, 0) is 50.9 Å². The predicted molar refractivity (Wildman–Crippen MR) is 79.9 cm³/mol. The van der Waals surface area contributed by atoms with Gasteiger partial charge in [0.15, 0.2) is 0 Å². The minimum Gasteiger partial charge on any atom is -0.356 e. The average molecular weight is 268 g/mol. The average Bonchev–Trinajstić information content (AvgIpc) is 2.20. The molecule has 3 heteroatoms. The van der Waals surface area contributed by atoms with E-state index >= 15 is 0 Å². The van der Waals surface area contributed by atoms with Gasteiger partial charge in [0.05, 0.1) is 6.10 Å². The van der Waals surface area contributed by atoms with Gasteiger partial charge in [-0.3, -0.25) is 4.90 Å². The van der Waals surface area contributed by atoms with E-state index in [1.165, 1.54) is 25.7 Å². The van der Waals surface area contributed by atoms with Crippen LogP contribution in [0.5, 0.6) is 0 Å². The molecule has 0 unspecified atom stereocenters. The number of rotatable bonds is 3. The number of ether oxygens (including phenoxy) is 1. The van der Waals surface area contributed by atoms with Crippen molar-refractivity contribution in [3.8, 4) is 0 Å². The van der Waals surface area contributed by atoms with E-state index in [-0.39, 0.29) is 0 Å². The minimum atomic E-state index is -0.485. The monoisotopic (exact) mass is 268 g/mol. The molecule has 0 amide bonds. The summed E-state index contributed by atoms with van der Waals surface area (Å²) in [6.07, 6.45) is 5.85. The molecule has 0 radical (unpaired) electrons. The summed E-state index contributed by atoms with van der Waals surface area (Å²) in [6.45, 7) is 13.2. The highest BCUT2D eigenvalue weighted by Gasteiger charge is 2.38. The van der Waals surface area contributed by atoms with Crippen molar-refractivity contribution in [3.05, 3.63) is 0 Å². The SMILES string of the molecule is CC(C)(N)OC1CN(C2CCC(C(C)(C)C)CC2)C1. The molecular weight excluding hydrogens is 236 g/mol. The van der Waals surface area contributed by atoms with Crippen molar-refractivity contribution in [1.29, 1.82) is 0 Å². The van der Waals surface area contributed by atoms with Crippen LogP contribution in [0.15, 0.2) is 0 Å². The Bertz CT molecular complexity index is 289. The van der Waals surface area contributed by atoms with Crippen LogP contribution in [0.4, 0.5) is 0 Å². The zero-order valence-electron chi connectivity index (χ0n) is 13.4. The van der Waals surface area contributed by atoms with E-state index in [0.717, 1.165) is 25.0 Å². The fraction of sp³-hybridized carbons (Fsp3) is 1.00. The molecule has 0 bridgehead atoms. The summed E-state index contributed by atoms with van der Waals surface area (Å²) in [5.41, 5.74) is 5.89. The first-order valence-electron chi connectivity index (χ1n) is 7.86. The van der Waals surface area contributed by atoms with Crippen molar-refractivity contribution in [3.63, 3.8) is 0 Å². The summed E-state index contributed by atoms with van der Waals surface area (Å²) in [6, 6.07) is 0.791. The molecule has 3 nitrogen and oxygen atoms in total. The van der Waals surface area contributed by atoms with Crippen molar-refractivity contribution >= 4 is 0 Å². The molecule has 1 aliphatic heterocycles. The highest BCUT2D eigenvalue weighted by Crippen LogP contribution is 2.39. The minimum absolute atomic E-state index is 0.348. The Kier molecular flexibility index (Phi) is 4.29. The summed E-state index contributed by atoms with van der Waals surface area (Å²) in [7, 11) is 0. The van der Waals surface area contributed by atoms with E-state index in [4.69, 9.17) is 10.5 Å². The van der Waals surface area contributed by atoms with Crippen LogP contribution in [0.3, 0.4) is 0 Å². The molecule has 112 valence electrons. The van der Waals surface area contributed by atoms with Gasteiger partial charge in [-0.2, -0.15) is 0 Å². The van der Waals surface area contributed by atoms with Gasteiger partial charge in [-0.15, -0.1) is 0 Å². The maximum atomic E-state index is 5.90. The first kappa shape index (κ1) is 15.3. The summed E-state index contributed by atoms with van der Waals surface area (Å²) in [4.78, 5) is 2.59. The molecule has 1 saturated heterocycles. The van der Waals surface area contributed by atoms with Crippen LogP contribution in [0, 0.1) is 11.3 Å². The van der Waals surface area contributed by atoms with Crippen LogP contribution in [0.25, 0.3) is 0 Å². The Labute approximate surface area is 118 Å². The van der Waals surface area contributed by atoms with Crippen molar-refractivity contribution in [1.82, 2.24) is 4.90 Å². The zero-order chi connectivity index (χ0) is 14.3. The zero-order valence-corrected chi connectivity index (χ0v) is 13.4. The third-order valence-corrected chi connectivity index (χ3v) is 4.78. The second-order valence-electron chi connectivity index (χ2n) is 8.17. The molecular formula is C16H32N2O. The second-order valence-corrected chi connectivity index (χ2v) is 8.17. The third kappa shape index (κ3) is 4.17. The van der Waals surface area contributed by atoms with Crippen LogP contribution in [-0.4, -0.2) is 35.9 Å². The van der Waals surface area contributed by atoms with Gasteiger partial charge >= 0.3 is 0 Å². The maximum Gasteiger partial charge on any atom is 0.111 e. The maximum absolute atomic E-state index is 5.90. The molecule has 0 aromatic rings. The highest BCUT2D eigenvalue weighted by atomic mass is 16.5. The Balaban J connectivity index is 1.70. The smallest absolute Gasteiger partial charge is 0.111 e. The van der Waals surface area contributed by atoms with E-state index in [0.29, 0.717) is 11.5 Å². The van der Waals surface area contributed by atoms with Crippen LogP contribution in [0.2, 0.25) is 0 Å². The lowest BCUT2D eigenvalue weighted by Gasteiger charge is -2.48. The molecule has 1 aliphatic carbocycles. The van der Waals surface area contributed by atoms with Crippen LogP contribution in [-0.2, 0) is 4.74 Å². The molecule has 2 aliphatic rings. The molecule has 0 atom stereocenters. The Morgan fingerprint density at radius 1 is 0.947 bits per heavy atom. The summed E-state index contributed by atoms with van der Waals surface area (Å²) < 4.78 is 5.81. The van der Waals surface area contributed by atoms with Crippen molar-refractivity contribution in [2.75, 3.05) is 13.1 Å². The quantitative estimate of drug-likeness (QED) is 0.800. The van der Waals surface area contributed by atoms with Crippen LogP contribution >= 0.6 is 0 Å². The molecule has 2 N–H and O–H groups in total. The summed E-state index contributed by atoms with van der Waals surface area (Å²) in [5, 5.41) is 0. The fourth-order valence-electron chi connectivity index (χ4n) is 3.58. The van der Waals surface area contributed by atoms with Crippen LogP contribution < -0.4 is 5.73 Å². The number of hydrogen-bond acceptors (Lipinski definition) is 3. The lowest BCUT2D eigenvalue weighted by molar-refractivity contribution is -0.142. The second kappa shape index (κ2) is 5.34. The van der Waals surface area contributed by atoms with Gasteiger partial charge in [0.25, 0.3) is 0 Å². The Morgan fingerprint density at radius 3 is 1.89 bits per heavy atom. The van der Waals surface area contributed by atoms with Gasteiger partial charge in [-0.1, -0.05) is 20.8 Å². The predicted octanol–water partition coefficient (Wildman–Crippen LogP) is 2.99. The third-order valence-electron chi connectivity index (χ3n) is 4.78. The van der Waals surface area contributed by atoms with Gasteiger partial charge < -0.3 is 10.5 Å². The number of nitrogens with two attached hydrogens (primary N) is 1. The van der Waals surface area contributed by atoms with E-state index in [1.807, 2.05) is 13.8 Å². The van der Waals surface area contributed by atoms with E-state index in [2.05, 4.69) is 25.7 Å². The lowest BCUT2D eigenvalue weighted by Crippen LogP contribution is -2.60. The Morgan fingerprint density at radius 2 is 1.47 bits per heavy atom. The van der Waals surface area contributed by atoms with E-state index in [1.54, 1.807) is 0 Å². The normalized spacial score (nSPS) is 31.3. The van der Waals surface area contributed by atoms with Gasteiger partial charge in [0.1, 0.15) is 5.72 Å². The molecule has 19 heavy (non-hydrogen) atoms. The van der Waals surface area contributed by atoms with E-state index < -0.39 is 5.72 Å². The first-order chi connectivity index (χ1) is 8.65. The molecule has 1 heterocycles. The topological polar surface area (TPSA) is 38.5 Å². The first-order valence-corrected chi connectivity index (χ1v) is 7.86. The molecule has 0 aromatic carbocycles. The highest BCUT2D eigenvalue weighted by molar-refractivity contribution is 4.91. The number of hydrogen-bond donors (Lipinski definition) is 1. The Hall–Kier alpha value is -0.120. The number of likely N-dealkylation sites (tertiary alicyclic amines) is 1. The molecule has 0 spiro atoms.